The lowest BCUT2D eigenvalue weighted by Gasteiger charge is -2.29. The Balaban J connectivity index is 1.08. The van der Waals surface area contributed by atoms with Gasteiger partial charge in [0.2, 0.25) is 0 Å². The third-order valence-corrected chi connectivity index (χ3v) is 9.49. The van der Waals surface area contributed by atoms with Gasteiger partial charge in [-0.3, -0.25) is 0 Å². The highest BCUT2D eigenvalue weighted by Crippen LogP contribution is 2.28. The minimum absolute atomic E-state index is 0.0282. The van der Waals surface area contributed by atoms with Crippen molar-refractivity contribution in [1.82, 2.24) is 0 Å². The van der Waals surface area contributed by atoms with Crippen LogP contribution in [-0.2, 0) is 43.5 Å². The van der Waals surface area contributed by atoms with Crippen LogP contribution in [0, 0.1) is 5.41 Å². The molecule has 0 atom stereocenters. The number of carbonyl (C=O) groups is 6. The molecule has 0 bridgehead atoms. The van der Waals surface area contributed by atoms with Crippen molar-refractivity contribution >= 4 is 36.4 Å². The summed E-state index contributed by atoms with van der Waals surface area (Å²) in [6.45, 7) is -0.486. The Morgan fingerprint density at radius 2 is 0.603 bits per heavy atom. The number of hydrogen-bond acceptors (Lipinski definition) is 15. The van der Waals surface area contributed by atoms with Gasteiger partial charge in [-0.15, -0.1) is 0 Å². The summed E-state index contributed by atoms with van der Waals surface area (Å²) in [7, 11) is 0. The molecule has 6 rings (SSSR count). The van der Waals surface area contributed by atoms with Crippen LogP contribution >= 0.6 is 0 Å². The number of carbonyl (C=O) groups excluding carboxylic acids is 6. The van der Waals surface area contributed by atoms with E-state index < -0.39 is 61.6 Å². The molecule has 0 unspecified atom stereocenters. The van der Waals surface area contributed by atoms with Crippen molar-refractivity contribution < 1.29 is 72.3 Å². The fraction of sp³-hybridized carbons (Fsp3) is 0.125. The Kier molecular flexibility index (Phi) is 15.2. The van der Waals surface area contributed by atoms with E-state index in [2.05, 4.69) is 14.7 Å². The van der Waals surface area contributed by atoms with E-state index in [9.17, 15) is 28.8 Å². The van der Waals surface area contributed by atoms with Crippen LogP contribution in [0.2, 0.25) is 0 Å². The molecule has 0 aliphatic carbocycles. The second-order valence-electron chi connectivity index (χ2n) is 13.6. The third kappa shape index (κ3) is 12.1. The van der Waals surface area contributed by atoms with Gasteiger partial charge in [0.1, 0.15) is 19.8 Å². The number of ether oxygens (including phenoxy) is 3. The van der Waals surface area contributed by atoms with Crippen LogP contribution in [0.15, 0.2) is 164 Å². The van der Waals surface area contributed by atoms with Gasteiger partial charge in [-0.2, -0.15) is 14.4 Å². The van der Waals surface area contributed by atoms with Crippen LogP contribution in [0.25, 0.3) is 33.4 Å². The monoisotopic (exact) mass is 854 g/mol. The maximum atomic E-state index is 13.0. The van der Waals surface area contributed by atoms with Crippen molar-refractivity contribution in [2.75, 3.05) is 19.8 Å². The van der Waals surface area contributed by atoms with Crippen molar-refractivity contribution in [3.8, 4) is 33.4 Å². The van der Waals surface area contributed by atoms with Gasteiger partial charge in [0.15, 0.2) is 0 Å². The lowest BCUT2D eigenvalue weighted by molar-refractivity contribution is -0.217. The number of benzene rings is 6. The number of hydrogen-bond donors (Lipinski definition) is 0. The molecule has 0 radical (unpaired) electrons. The fourth-order valence-corrected chi connectivity index (χ4v) is 6.08. The summed E-state index contributed by atoms with van der Waals surface area (Å²) in [4.78, 5) is 105. The van der Waals surface area contributed by atoms with E-state index >= 15 is 0 Å². The molecule has 0 spiro atoms. The van der Waals surface area contributed by atoms with Gasteiger partial charge in [-0.25, -0.2) is 43.7 Å². The smallest absolute Gasteiger partial charge is 0.431 e. The standard InChI is InChI=1S/C48H38O15/c1-2-48(30-55-45(52)61-58-42(49)39-27-15-12-24-36(39)33-18-6-3-7-19-33,31-56-46(53)62-59-43(50)40-28-16-13-25-37(40)34-20-8-4-9-21-34)32-57-47(54)63-60-44(51)41-29-17-14-26-38(41)35-22-10-5-11-23-35/h3-29H,2,30-32H2,1H3. The van der Waals surface area contributed by atoms with Gasteiger partial charge in [0, 0.05) is 0 Å². The minimum Gasteiger partial charge on any atom is -0.431 e. The molecule has 15 nitrogen and oxygen atoms in total. The average Bonchev–Trinajstić information content (AvgIpc) is 3.34. The van der Waals surface area contributed by atoms with Crippen molar-refractivity contribution in [3.05, 3.63) is 180 Å². The molecule has 6 aromatic carbocycles. The second-order valence-corrected chi connectivity index (χ2v) is 13.6. The van der Waals surface area contributed by atoms with E-state index in [1.165, 1.54) is 18.2 Å². The molecule has 0 N–H and O–H groups in total. The van der Waals surface area contributed by atoms with Crippen molar-refractivity contribution in [2.24, 2.45) is 5.41 Å². The quantitative estimate of drug-likeness (QED) is 0.0462. The predicted octanol–water partition coefficient (Wildman–Crippen LogP) is 10.2. The van der Waals surface area contributed by atoms with Gasteiger partial charge >= 0.3 is 36.4 Å². The summed E-state index contributed by atoms with van der Waals surface area (Å²) in [6, 6.07) is 46.3. The Morgan fingerprint density at radius 3 is 0.873 bits per heavy atom. The molecule has 0 aromatic heterocycles. The molecule has 0 saturated heterocycles. The molecular formula is C48H38O15. The summed E-state index contributed by atoms with van der Waals surface area (Å²) in [6.07, 6.45) is -4.49. The first-order valence-electron chi connectivity index (χ1n) is 19.3. The normalized spacial score (nSPS) is 10.6. The van der Waals surface area contributed by atoms with Crippen LogP contribution in [0.5, 0.6) is 0 Å². The summed E-state index contributed by atoms with van der Waals surface area (Å²) in [5.41, 5.74) is 2.34. The summed E-state index contributed by atoms with van der Waals surface area (Å²) in [5, 5.41) is 0. The van der Waals surface area contributed by atoms with E-state index in [4.69, 9.17) is 28.9 Å². The zero-order chi connectivity index (χ0) is 44.4. The highest BCUT2D eigenvalue weighted by Gasteiger charge is 2.36. The largest absolute Gasteiger partial charge is 0.549 e. The third-order valence-electron chi connectivity index (χ3n) is 9.49. The van der Waals surface area contributed by atoms with E-state index in [1.54, 1.807) is 134 Å². The van der Waals surface area contributed by atoms with E-state index in [0.717, 1.165) is 0 Å². The molecule has 63 heavy (non-hydrogen) atoms. The Hall–Kier alpha value is -8.46. The van der Waals surface area contributed by atoms with Crippen molar-refractivity contribution in [1.29, 1.82) is 0 Å². The van der Waals surface area contributed by atoms with Crippen LogP contribution in [0.3, 0.4) is 0 Å². The Bertz CT molecular complexity index is 2250. The van der Waals surface area contributed by atoms with Gasteiger partial charge in [0.25, 0.3) is 0 Å². The first kappa shape index (κ1) is 44.1. The topological polar surface area (TPSA) is 185 Å². The maximum Gasteiger partial charge on any atom is 0.549 e. The Labute approximate surface area is 360 Å². The predicted molar refractivity (Wildman–Crippen MR) is 222 cm³/mol. The zero-order valence-corrected chi connectivity index (χ0v) is 33.5. The van der Waals surface area contributed by atoms with Crippen molar-refractivity contribution in [3.63, 3.8) is 0 Å². The van der Waals surface area contributed by atoms with E-state index in [0.29, 0.717) is 33.4 Å². The van der Waals surface area contributed by atoms with Gasteiger partial charge in [-0.05, 0) is 58.0 Å². The molecule has 0 aliphatic heterocycles. The van der Waals surface area contributed by atoms with E-state index in [-0.39, 0.29) is 23.1 Å². The highest BCUT2D eigenvalue weighted by molar-refractivity contribution is 5.98. The molecule has 0 aliphatic rings. The Morgan fingerprint density at radius 1 is 0.349 bits per heavy atom. The lowest BCUT2D eigenvalue weighted by Crippen LogP contribution is -2.39. The molecule has 0 saturated carbocycles. The van der Waals surface area contributed by atoms with Crippen molar-refractivity contribution in [2.45, 2.75) is 13.3 Å². The molecule has 320 valence electrons. The van der Waals surface area contributed by atoms with Crippen LogP contribution in [0.4, 0.5) is 14.4 Å². The molecule has 15 heteroatoms. The van der Waals surface area contributed by atoms with Gasteiger partial charge < -0.3 is 14.2 Å². The lowest BCUT2D eigenvalue weighted by atomic mass is 9.88. The number of rotatable bonds is 13. The molecular weight excluding hydrogens is 817 g/mol. The van der Waals surface area contributed by atoms with Crippen LogP contribution in [0.1, 0.15) is 44.4 Å². The van der Waals surface area contributed by atoms with Gasteiger partial charge in [0.05, 0.1) is 22.1 Å². The highest BCUT2D eigenvalue weighted by atomic mass is 17.2. The SMILES string of the molecule is CCC(COC(=O)OOC(=O)c1ccccc1-c1ccccc1)(COC(=O)OOC(=O)c1ccccc1-c1ccccc1)COC(=O)OOC(=O)c1ccccc1-c1ccccc1. The summed E-state index contributed by atoms with van der Waals surface area (Å²) in [5.74, 6) is -3.02. The molecule has 0 heterocycles. The van der Waals surface area contributed by atoms with E-state index in [1.807, 2.05) is 18.2 Å². The maximum absolute atomic E-state index is 13.0. The first-order chi connectivity index (χ1) is 30.7. The minimum atomic E-state index is -1.57. The first-order valence-corrected chi connectivity index (χ1v) is 19.3. The molecule has 6 aromatic rings. The molecule has 0 amide bonds. The van der Waals surface area contributed by atoms with Gasteiger partial charge in [-0.1, -0.05) is 153 Å². The average molecular weight is 855 g/mol. The zero-order valence-electron chi connectivity index (χ0n) is 33.5. The molecule has 0 fully saturated rings. The summed E-state index contributed by atoms with van der Waals surface area (Å²) < 4.78 is 15.6. The van der Waals surface area contributed by atoms with Crippen LogP contribution < -0.4 is 0 Å². The fourth-order valence-electron chi connectivity index (χ4n) is 6.08. The van der Waals surface area contributed by atoms with Crippen LogP contribution in [-0.4, -0.2) is 56.2 Å². The summed E-state index contributed by atoms with van der Waals surface area (Å²) >= 11 is 0. The second kappa shape index (κ2) is 21.7.